The van der Waals surface area contributed by atoms with Crippen molar-refractivity contribution in [3.05, 3.63) is 42.5 Å². The van der Waals surface area contributed by atoms with Crippen molar-refractivity contribution in [1.82, 2.24) is 0 Å². The van der Waals surface area contributed by atoms with Gasteiger partial charge in [0.1, 0.15) is 0 Å². The minimum absolute atomic E-state index is 0.280. The second-order valence-electron chi connectivity index (χ2n) is 3.62. The first-order valence-corrected chi connectivity index (χ1v) is 5.01. The molecule has 0 aliphatic heterocycles. The summed E-state index contributed by atoms with van der Waals surface area (Å²) in [5.74, 6) is -6.41. The second-order valence-corrected chi connectivity index (χ2v) is 3.62. The summed E-state index contributed by atoms with van der Waals surface area (Å²) in [5.41, 5.74) is -0.0126. The Hall–Kier alpha value is -1.92. The molecule has 0 heterocycles. The lowest BCUT2D eigenvalue weighted by molar-refractivity contribution is -0.293. The number of hydrogen-bond acceptors (Lipinski definition) is 2. The molecular weight excluding hydrogens is 271 g/mol. The first-order chi connectivity index (χ1) is 8.65. The van der Waals surface area contributed by atoms with Crippen LogP contribution in [0.3, 0.4) is 0 Å². The predicted octanol–water partition coefficient (Wildman–Crippen LogP) is 3.44. The molecule has 0 unspecified atom stereocenters. The number of halogens is 5. The van der Waals surface area contributed by atoms with Crippen LogP contribution in [0, 0.1) is 0 Å². The average molecular weight is 280 g/mol. The Labute approximate surface area is 105 Å². The summed E-state index contributed by atoms with van der Waals surface area (Å²) in [5, 5.41) is 0. The number of carbonyl (C=O) groups excluding carboxylic acids is 1. The zero-order valence-corrected chi connectivity index (χ0v) is 9.51. The van der Waals surface area contributed by atoms with Crippen LogP contribution in [0.1, 0.15) is 5.56 Å². The van der Waals surface area contributed by atoms with Crippen molar-refractivity contribution in [2.75, 3.05) is 6.61 Å². The molecule has 0 bridgehead atoms. The van der Waals surface area contributed by atoms with Gasteiger partial charge in [-0.3, -0.25) is 0 Å². The Morgan fingerprint density at radius 1 is 1.11 bits per heavy atom. The zero-order chi connectivity index (χ0) is 14.7. The highest BCUT2D eigenvalue weighted by Gasteiger charge is 2.58. The number of esters is 1. The van der Waals surface area contributed by atoms with Gasteiger partial charge in [-0.25, -0.2) is 4.79 Å². The molecule has 19 heavy (non-hydrogen) atoms. The number of alkyl halides is 5. The number of rotatable bonds is 4. The fourth-order valence-electron chi connectivity index (χ4n) is 1.08. The minimum Gasteiger partial charge on any atom is -0.455 e. The third-order valence-corrected chi connectivity index (χ3v) is 2.17. The number of benzene rings is 1. The van der Waals surface area contributed by atoms with E-state index >= 15 is 0 Å². The van der Waals surface area contributed by atoms with Gasteiger partial charge in [-0.1, -0.05) is 36.9 Å². The Balaban J connectivity index is 2.65. The smallest absolute Gasteiger partial charge is 0.455 e. The molecular formula is C12H9F5O2. The van der Waals surface area contributed by atoms with E-state index in [4.69, 9.17) is 0 Å². The van der Waals surface area contributed by atoms with Gasteiger partial charge in [0, 0.05) is 0 Å². The van der Waals surface area contributed by atoms with Gasteiger partial charge in [0.2, 0.25) is 0 Å². The van der Waals surface area contributed by atoms with Crippen molar-refractivity contribution in [2.24, 2.45) is 0 Å². The summed E-state index contributed by atoms with van der Waals surface area (Å²) in [6.07, 6.45) is -5.76. The molecule has 0 fully saturated rings. The summed E-state index contributed by atoms with van der Waals surface area (Å²) < 4.78 is 64.5. The molecule has 0 radical (unpaired) electrons. The molecule has 0 saturated heterocycles. The Bertz CT molecular complexity index is 465. The fraction of sp³-hybridized carbons (Fsp3) is 0.250. The maximum Gasteiger partial charge on any atom is 0.456 e. The van der Waals surface area contributed by atoms with Crippen LogP contribution in [-0.2, 0) is 9.53 Å². The fourth-order valence-corrected chi connectivity index (χ4v) is 1.08. The largest absolute Gasteiger partial charge is 0.456 e. The minimum atomic E-state index is -5.76. The molecule has 0 aromatic heterocycles. The number of ether oxygens (including phenoxy) is 1. The van der Waals surface area contributed by atoms with E-state index in [2.05, 4.69) is 11.3 Å². The topological polar surface area (TPSA) is 26.3 Å². The first kappa shape index (κ1) is 15.1. The lowest BCUT2D eigenvalue weighted by Crippen LogP contribution is -2.41. The molecule has 7 heteroatoms. The number of hydrogen-bond donors (Lipinski definition) is 0. The highest BCUT2D eigenvalue weighted by atomic mass is 19.4. The third kappa shape index (κ3) is 3.77. The van der Waals surface area contributed by atoms with Crippen LogP contribution in [0.4, 0.5) is 22.0 Å². The summed E-state index contributed by atoms with van der Waals surface area (Å²) in [7, 11) is 0. The summed E-state index contributed by atoms with van der Waals surface area (Å²) in [6.45, 7) is 1.22. The molecule has 0 saturated carbocycles. The molecule has 1 aromatic carbocycles. The molecule has 1 aromatic rings. The molecule has 0 N–H and O–H groups in total. The van der Waals surface area contributed by atoms with Gasteiger partial charge in [0.05, 0.1) is 5.57 Å². The Kier molecular flexibility index (Phi) is 4.28. The van der Waals surface area contributed by atoms with Crippen LogP contribution >= 0.6 is 0 Å². The van der Waals surface area contributed by atoms with Crippen molar-refractivity contribution in [2.45, 2.75) is 12.1 Å². The van der Waals surface area contributed by atoms with E-state index in [1.165, 1.54) is 12.1 Å². The van der Waals surface area contributed by atoms with Gasteiger partial charge in [-0.2, -0.15) is 22.0 Å². The zero-order valence-electron chi connectivity index (χ0n) is 9.51. The lowest BCUT2D eigenvalue weighted by Gasteiger charge is -2.19. The molecule has 1 rings (SSSR count). The van der Waals surface area contributed by atoms with Crippen LogP contribution in [-0.4, -0.2) is 24.7 Å². The van der Waals surface area contributed by atoms with Crippen LogP contribution in [0.2, 0.25) is 0 Å². The maximum absolute atomic E-state index is 12.5. The Morgan fingerprint density at radius 3 is 2.11 bits per heavy atom. The normalized spacial score (nSPS) is 12.1. The van der Waals surface area contributed by atoms with Gasteiger partial charge in [-0.05, 0) is 5.56 Å². The second kappa shape index (κ2) is 5.38. The molecule has 0 aliphatic carbocycles. The van der Waals surface area contributed by atoms with E-state index in [1.807, 2.05) is 0 Å². The van der Waals surface area contributed by atoms with E-state index in [9.17, 15) is 26.7 Å². The molecule has 0 spiro atoms. The molecule has 104 valence electrons. The van der Waals surface area contributed by atoms with Crippen molar-refractivity contribution in [3.63, 3.8) is 0 Å². The van der Waals surface area contributed by atoms with Crippen LogP contribution in [0.15, 0.2) is 36.9 Å². The van der Waals surface area contributed by atoms with Crippen LogP contribution in [0.25, 0.3) is 5.57 Å². The van der Waals surface area contributed by atoms with E-state index < -0.39 is 24.7 Å². The van der Waals surface area contributed by atoms with Crippen molar-refractivity contribution < 1.29 is 31.5 Å². The lowest BCUT2D eigenvalue weighted by atomic mass is 10.1. The highest BCUT2D eigenvalue weighted by molar-refractivity contribution is 6.15. The monoisotopic (exact) mass is 280 g/mol. The average Bonchev–Trinajstić information content (AvgIpc) is 2.35. The first-order valence-electron chi connectivity index (χ1n) is 5.01. The molecule has 2 nitrogen and oxygen atoms in total. The Morgan fingerprint density at radius 2 is 1.63 bits per heavy atom. The molecule has 0 aliphatic rings. The summed E-state index contributed by atoms with van der Waals surface area (Å²) in [6, 6.07) is 7.65. The third-order valence-electron chi connectivity index (χ3n) is 2.17. The standard InChI is InChI=1S/C12H9F5O2/c1-8(9-5-3-2-4-6-9)10(18)19-7-11(13,14)12(15,16)17/h2-6H,1,7H2. The van der Waals surface area contributed by atoms with Gasteiger partial charge >= 0.3 is 18.1 Å². The van der Waals surface area contributed by atoms with E-state index in [1.54, 1.807) is 18.2 Å². The maximum atomic E-state index is 12.5. The summed E-state index contributed by atoms with van der Waals surface area (Å²) in [4.78, 5) is 11.3. The van der Waals surface area contributed by atoms with Crippen molar-refractivity contribution >= 4 is 11.5 Å². The van der Waals surface area contributed by atoms with Crippen molar-refractivity contribution in [3.8, 4) is 0 Å². The van der Waals surface area contributed by atoms with E-state index in [0.29, 0.717) is 0 Å². The molecule has 0 atom stereocenters. The van der Waals surface area contributed by atoms with Gasteiger partial charge in [0.25, 0.3) is 0 Å². The van der Waals surface area contributed by atoms with E-state index in [0.717, 1.165) is 0 Å². The van der Waals surface area contributed by atoms with Crippen molar-refractivity contribution in [1.29, 1.82) is 0 Å². The van der Waals surface area contributed by atoms with Crippen LogP contribution < -0.4 is 0 Å². The van der Waals surface area contributed by atoms with Crippen LogP contribution in [0.5, 0.6) is 0 Å². The van der Waals surface area contributed by atoms with E-state index in [-0.39, 0.29) is 11.1 Å². The quantitative estimate of drug-likeness (QED) is 0.480. The number of carbonyl (C=O) groups is 1. The van der Waals surface area contributed by atoms with Gasteiger partial charge < -0.3 is 4.74 Å². The highest BCUT2D eigenvalue weighted by Crippen LogP contribution is 2.35. The van der Waals surface area contributed by atoms with Gasteiger partial charge in [-0.15, -0.1) is 0 Å². The summed E-state index contributed by atoms with van der Waals surface area (Å²) >= 11 is 0. The predicted molar refractivity (Wildman–Crippen MR) is 57.4 cm³/mol. The SMILES string of the molecule is C=C(C(=O)OCC(F)(F)C(F)(F)F)c1ccccc1. The molecule has 0 amide bonds. The van der Waals surface area contributed by atoms with Gasteiger partial charge in [0.15, 0.2) is 6.61 Å².